The first-order valence-electron chi connectivity index (χ1n) is 6.46. The van der Waals surface area contributed by atoms with Crippen molar-refractivity contribution in [3.63, 3.8) is 0 Å². The Morgan fingerprint density at radius 1 is 1.17 bits per heavy atom. The second-order valence-electron chi connectivity index (χ2n) is 4.67. The van der Waals surface area contributed by atoms with Gasteiger partial charge in [-0.25, -0.2) is 0 Å². The Bertz CT molecular complexity index is 424. The Morgan fingerprint density at radius 2 is 1.89 bits per heavy atom. The highest BCUT2D eigenvalue weighted by Gasteiger charge is 2.36. The molecule has 3 atom stereocenters. The van der Waals surface area contributed by atoms with Crippen LogP contribution in [0.25, 0.3) is 0 Å². The Balaban J connectivity index is 2.12. The second-order valence-corrected chi connectivity index (χ2v) is 4.67. The summed E-state index contributed by atoms with van der Waals surface area (Å²) in [5, 5.41) is 0. The minimum Gasteiger partial charge on any atom is -0.350 e. The molecular formula is C16H21NO. The van der Waals surface area contributed by atoms with Crippen molar-refractivity contribution in [3.05, 3.63) is 60.2 Å². The van der Waals surface area contributed by atoms with E-state index in [1.807, 2.05) is 31.2 Å². The number of ether oxygens (including phenoxy) is 1. The van der Waals surface area contributed by atoms with Gasteiger partial charge in [-0.2, -0.15) is 0 Å². The van der Waals surface area contributed by atoms with Crippen LogP contribution in [0.5, 0.6) is 0 Å². The van der Waals surface area contributed by atoms with Crippen LogP contribution in [0.2, 0.25) is 0 Å². The Labute approximate surface area is 110 Å². The zero-order valence-corrected chi connectivity index (χ0v) is 11.3. The molecule has 1 aliphatic heterocycles. The van der Waals surface area contributed by atoms with E-state index in [0.29, 0.717) is 6.04 Å². The van der Waals surface area contributed by atoms with Crippen LogP contribution in [-0.2, 0) is 4.74 Å². The maximum Gasteiger partial charge on any atom is 0.131 e. The van der Waals surface area contributed by atoms with Crippen LogP contribution in [0.4, 0.5) is 0 Å². The van der Waals surface area contributed by atoms with E-state index < -0.39 is 0 Å². The van der Waals surface area contributed by atoms with Gasteiger partial charge >= 0.3 is 0 Å². The third kappa shape index (κ3) is 2.71. The van der Waals surface area contributed by atoms with Gasteiger partial charge in [-0.15, -0.1) is 0 Å². The summed E-state index contributed by atoms with van der Waals surface area (Å²) in [7, 11) is 2.11. The van der Waals surface area contributed by atoms with Crippen molar-refractivity contribution in [2.24, 2.45) is 0 Å². The van der Waals surface area contributed by atoms with Crippen LogP contribution in [0.3, 0.4) is 0 Å². The zero-order chi connectivity index (χ0) is 13.0. The highest BCUT2D eigenvalue weighted by Crippen LogP contribution is 2.33. The molecular weight excluding hydrogens is 222 g/mol. The lowest BCUT2D eigenvalue weighted by Gasteiger charge is -2.19. The van der Waals surface area contributed by atoms with Gasteiger partial charge in [0.05, 0.1) is 0 Å². The van der Waals surface area contributed by atoms with Gasteiger partial charge in [-0.05, 0) is 32.5 Å². The summed E-state index contributed by atoms with van der Waals surface area (Å²) in [5.74, 6) is 0. The van der Waals surface area contributed by atoms with E-state index in [9.17, 15) is 0 Å². The lowest BCUT2D eigenvalue weighted by molar-refractivity contribution is 0.0406. The number of rotatable bonds is 3. The van der Waals surface area contributed by atoms with Gasteiger partial charge in [0.1, 0.15) is 12.3 Å². The quantitative estimate of drug-likeness (QED) is 0.753. The Kier molecular flexibility index (Phi) is 4.34. The van der Waals surface area contributed by atoms with Gasteiger partial charge in [-0.3, -0.25) is 4.90 Å². The van der Waals surface area contributed by atoms with Crippen molar-refractivity contribution in [1.29, 1.82) is 0 Å². The maximum absolute atomic E-state index is 6.12. The van der Waals surface area contributed by atoms with Crippen LogP contribution in [0, 0.1) is 0 Å². The van der Waals surface area contributed by atoms with Gasteiger partial charge in [0.2, 0.25) is 0 Å². The predicted octanol–water partition coefficient (Wildman–Crippen LogP) is 3.54. The normalized spacial score (nSPS) is 29.6. The van der Waals surface area contributed by atoms with E-state index in [2.05, 4.69) is 49.2 Å². The highest BCUT2D eigenvalue weighted by molar-refractivity contribution is 5.21. The molecule has 96 valence electrons. The van der Waals surface area contributed by atoms with Crippen LogP contribution >= 0.6 is 0 Å². The summed E-state index contributed by atoms with van der Waals surface area (Å²) < 4.78 is 6.12. The molecule has 0 spiro atoms. The first-order valence-corrected chi connectivity index (χ1v) is 6.46. The fraction of sp³-hybridized carbons (Fsp3) is 0.375. The maximum atomic E-state index is 6.12. The van der Waals surface area contributed by atoms with Crippen LogP contribution < -0.4 is 0 Å². The number of hydrogen-bond acceptors (Lipinski definition) is 2. The molecule has 1 fully saturated rings. The summed E-state index contributed by atoms with van der Waals surface area (Å²) in [6, 6.07) is 10.8. The number of benzene rings is 1. The summed E-state index contributed by atoms with van der Waals surface area (Å²) in [6.07, 6.45) is 8.39. The molecule has 1 saturated heterocycles. The Morgan fingerprint density at radius 3 is 2.56 bits per heavy atom. The van der Waals surface area contributed by atoms with Crippen molar-refractivity contribution in [3.8, 4) is 0 Å². The molecule has 1 heterocycles. The molecule has 0 unspecified atom stereocenters. The highest BCUT2D eigenvalue weighted by atomic mass is 16.5. The molecule has 1 aromatic rings. The number of likely N-dealkylation sites (N-methyl/N-ethyl adjacent to an activating group) is 1. The molecule has 0 radical (unpaired) electrons. The van der Waals surface area contributed by atoms with Crippen molar-refractivity contribution < 1.29 is 4.74 Å². The van der Waals surface area contributed by atoms with Crippen molar-refractivity contribution in [2.75, 3.05) is 7.05 Å². The fourth-order valence-corrected chi connectivity index (χ4v) is 2.26. The van der Waals surface area contributed by atoms with Crippen molar-refractivity contribution in [2.45, 2.75) is 32.2 Å². The first-order chi connectivity index (χ1) is 8.74. The van der Waals surface area contributed by atoms with Crippen LogP contribution in [-0.4, -0.2) is 24.2 Å². The van der Waals surface area contributed by atoms with Gasteiger partial charge in [0, 0.05) is 6.04 Å². The average molecular weight is 243 g/mol. The monoisotopic (exact) mass is 243 g/mol. The molecule has 18 heavy (non-hydrogen) atoms. The largest absolute Gasteiger partial charge is 0.350 e. The van der Waals surface area contributed by atoms with Gasteiger partial charge in [0.25, 0.3) is 0 Å². The average Bonchev–Trinajstić information content (AvgIpc) is 2.68. The topological polar surface area (TPSA) is 12.5 Å². The lowest BCUT2D eigenvalue weighted by atomic mass is 10.0. The summed E-state index contributed by atoms with van der Waals surface area (Å²) in [5.41, 5.74) is 1.25. The van der Waals surface area contributed by atoms with E-state index in [1.165, 1.54) is 5.56 Å². The molecule has 2 rings (SSSR count). The number of hydrogen-bond donors (Lipinski definition) is 0. The molecule has 0 aliphatic carbocycles. The van der Waals surface area contributed by atoms with E-state index >= 15 is 0 Å². The van der Waals surface area contributed by atoms with E-state index in [0.717, 1.165) is 0 Å². The third-order valence-corrected chi connectivity index (χ3v) is 3.48. The van der Waals surface area contributed by atoms with Gasteiger partial charge in [0.15, 0.2) is 0 Å². The van der Waals surface area contributed by atoms with Crippen molar-refractivity contribution in [1.82, 2.24) is 4.90 Å². The number of nitrogens with zero attached hydrogens (tertiary/aromatic N) is 1. The summed E-state index contributed by atoms with van der Waals surface area (Å²) in [4.78, 5) is 2.26. The molecule has 2 nitrogen and oxygen atoms in total. The minimum absolute atomic E-state index is 0.0569. The molecule has 0 aromatic heterocycles. The second kappa shape index (κ2) is 5.98. The third-order valence-electron chi connectivity index (χ3n) is 3.48. The summed E-state index contributed by atoms with van der Waals surface area (Å²) in [6.45, 7) is 4.22. The van der Waals surface area contributed by atoms with Crippen LogP contribution in [0.15, 0.2) is 54.6 Å². The molecule has 0 amide bonds. The molecule has 1 aliphatic rings. The van der Waals surface area contributed by atoms with E-state index in [-0.39, 0.29) is 12.3 Å². The SMILES string of the molecule is C/C=C/C=C/[C@@H]1O[C@H](c2ccccc2)[C@H](C)N1C. The molecule has 1 aromatic carbocycles. The standard InChI is InChI=1S/C16H21NO/c1-4-5-7-12-15-17(3)13(2)16(18-15)14-10-8-6-9-11-14/h4-13,15-16H,1-3H3/b5-4+,12-7+/t13-,15-,16-/m0/s1. The lowest BCUT2D eigenvalue weighted by Crippen LogP contribution is -2.30. The predicted molar refractivity (Wildman–Crippen MR) is 75.2 cm³/mol. The van der Waals surface area contributed by atoms with Crippen molar-refractivity contribution >= 4 is 0 Å². The van der Waals surface area contributed by atoms with E-state index in [1.54, 1.807) is 0 Å². The molecule has 0 saturated carbocycles. The Hall–Kier alpha value is -1.38. The van der Waals surface area contributed by atoms with E-state index in [4.69, 9.17) is 4.74 Å². The zero-order valence-electron chi connectivity index (χ0n) is 11.3. The summed E-state index contributed by atoms with van der Waals surface area (Å²) >= 11 is 0. The number of allylic oxidation sites excluding steroid dienone is 3. The molecule has 2 heteroatoms. The molecule has 0 bridgehead atoms. The first kappa shape index (κ1) is 13.1. The van der Waals surface area contributed by atoms with Gasteiger partial charge in [-0.1, -0.05) is 48.6 Å². The smallest absolute Gasteiger partial charge is 0.131 e. The fourth-order valence-electron chi connectivity index (χ4n) is 2.26. The minimum atomic E-state index is 0.0569. The van der Waals surface area contributed by atoms with Crippen LogP contribution in [0.1, 0.15) is 25.5 Å². The molecule has 0 N–H and O–H groups in total. The van der Waals surface area contributed by atoms with Gasteiger partial charge < -0.3 is 4.74 Å².